The van der Waals surface area contributed by atoms with E-state index in [-0.39, 0.29) is 0 Å². The SMILES string of the molecule is CCOC(=O)c1c(NC(=O)NN=Cc2ccccn2)sc2c1CCC2. The van der Waals surface area contributed by atoms with Crippen LogP contribution in [0.4, 0.5) is 9.80 Å². The van der Waals surface area contributed by atoms with Crippen LogP contribution >= 0.6 is 11.3 Å². The van der Waals surface area contributed by atoms with Gasteiger partial charge in [-0.2, -0.15) is 5.10 Å². The minimum atomic E-state index is -0.516. The second-order valence-electron chi connectivity index (χ2n) is 5.36. The summed E-state index contributed by atoms with van der Waals surface area (Å²) in [6.45, 7) is 2.06. The van der Waals surface area contributed by atoms with Gasteiger partial charge < -0.3 is 4.74 Å². The summed E-state index contributed by atoms with van der Waals surface area (Å²) < 4.78 is 5.13. The Hall–Kier alpha value is -2.74. The minimum Gasteiger partial charge on any atom is -0.462 e. The standard InChI is InChI=1S/C17H18N4O3S/c1-2-24-16(22)14-12-7-5-8-13(12)25-15(14)20-17(23)21-19-10-11-6-3-4-9-18-11/h3-4,6,9-10H,2,5,7-8H2,1H3,(H2,20,21,23). The number of aromatic nitrogens is 1. The number of hydrogen-bond acceptors (Lipinski definition) is 6. The summed E-state index contributed by atoms with van der Waals surface area (Å²) in [5.41, 5.74) is 4.48. The number of urea groups is 1. The van der Waals surface area contributed by atoms with Gasteiger partial charge in [-0.1, -0.05) is 6.07 Å². The molecule has 0 spiro atoms. The molecule has 8 heteroatoms. The molecule has 2 heterocycles. The van der Waals surface area contributed by atoms with Crippen LogP contribution in [0, 0.1) is 0 Å². The zero-order valence-electron chi connectivity index (χ0n) is 13.7. The average Bonchev–Trinajstić information content (AvgIpc) is 3.16. The van der Waals surface area contributed by atoms with E-state index >= 15 is 0 Å². The molecule has 1 aliphatic rings. The van der Waals surface area contributed by atoms with Gasteiger partial charge in [-0.15, -0.1) is 11.3 Å². The lowest BCUT2D eigenvalue weighted by atomic mass is 10.1. The fraction of sp³-hybridized carbons (Fsp3) is 0.294. The van der Waals surface area contributed by atoms with E-state index in [0.29, 0.717) is 22.9 Å². The van der Waals surface area contributed by atoms with Crippen LogP contribution in [0.5, 0.6) is 0 Å². The number of anilines is 1. The first-order valence-corrected chi connectivity index (χ1v) is 8.83. The van der Waals surface area contributed by atoms with E-state index in [9.17, 15) is 9.59 Å². The van der Waals surface area contributed by atoms with Gasteiger partial charge in [-0.3, -0.25) is 10.3 Å². The van der Waals surface area contributed by atoms with Gasteiger partial charge in [0.2, 0.25) is 0 Å². The number of nitrogens with one attached hydrogen (secondary N) is 2. The monoisotopic (exact) mass is 358 g/mol. The number of esters is 1. The molecule has 0 bridgehead atoms. The van der Waals surface area contributed by atoms with Gasteiger partial charge >= 0.3 is 12.0 Å². The molecule has 25 heavy (non-hydrogen) atoms. The molecule has 2 aromatic heterocycles. The van der Waals surface area contributed by atoms with Crippen molar-refractivity contribution in [2.45, 2.75) is 26.2 Å². The quantitative estimate of drug-likeness (QED) is 0.488. The largest absolute Gasteiger partial charge is 0.462 e. The normalized spacial score (nSPS) is 12.8. The molecule has 0 aromatic carbocycles. The molecule has 0 fully saturated rings. The number of hydrogen-bond donors (Lipinski definition) is 2. The minimum absolute atomic E-state index is 0.295. The topological polar surface area (TPSA) is 92.7 Å². The zero-order valence-corrected chi connectivity index (χ0v) is 14.6. The number of ether oxygens (including phenoxy) is 1. The molecule has 0 aliphatic heterocycles. The molecular weight excluding hydrogens is 340 g/mol. The average molecular weight is 358 g/mol. The summed E-state index contributed by atoms with van der Waals surface area (Å²) in [7, 11) is 0. The van der Waals surface area contributed by atoms with Crippen LogP contribution in [0.1, 0.15) is 39.8 Å². The number of amides is 2. The summed E-state index contributed by atoms with van der Waals surface area (Å²) in [6, 6.07) is 4.88. The molecular formula is C17H18N4O3S. The molecule has 2 N–H and O–H groups in total. The van der Waals surface area contributed by atoms with Crippen LogP contribution in [-0.2, 0) is 17.6 Å². The van der Waals surface area contributed by atoms with E-state index in [4.69, 9.17) is 4.74 Å². The van der Waals surface area contributed by atoms with Crippen LogP contribution < -0.4 is 10.7 Å². The summed E-state index contributed by atoms with van der Waals surface area (Å²) in [4.78, 5) is 29.5. The van der Waals surface area contributed by atoms with Gasteiger partial charge in [-0.25, -0.2) is 15.0 Å². The lowest BCUT2D eigenvalue weighted by Gasteiger charge is -2.07. The van der Waals surface area contributed by atoms with Gasteiger partial charge in [-0.05, 0) is 43.9 Å². The maximum atomic E-state index is 12.2. The van der Waals surface area contributed by atoms with Crippen molar-refractivity contribution in [1.29, 1.82) is 0 Å². The van der Waals surface area contributed by atoms with E-state index in [0.717, 1.165) is 29.7 Å². The molecule has 0 radical (unpaired) electrons. The molecule has 0 saturated heterocycles. The fourth-order valence-corrected chi connectivity index (χ4v) is 3.92. The van der Waals surface area contributed by atoms with Gasteiger partial charge in [0, 0.05) is 11.1 Å². The van der Waals surface area contributed by atoms with Crippen molar-refractivity contribution in [2.24, 2.45) is 5.10 Å². The first kappa shape index (κ1) is 17.1. The molecule has 0 atom stereocenters. The Morgan fingerprint density at radius 1 is 1.40 bits per heavy atom. The van der Waals surface area contributed by atoms with Crippen molar-refractivity contribution >= 4 is 34.6 Å². The number of aryl methyl sites for hydroxylation is 1. The molecule has 1 aliphatic carbocycles. The van der Waals surface area contributed by atoms with Crippen molar-refractivity contribution < 1.29 is 14.3 Å². The van der Waals surface area contributed by atoms with Crippen LogP contribution in [0.3, 0.4) is 0 Å². The van der Waals surface area contributed by atoms with Crippen molar-refractivity contribution in [3.8, 4) is 0 Å². The second kappa shape index (κ2) is 7.89. The number of thiophene rings is 1. The van der Waals surface area contributed by atoms with Gasteiger partial charge in [0.15, 0.2) is 0 Å². The van der Waals surface area contributed by atoms with Crippen molar-refractivity contribution in [3.05, 3.63) is 46.1 Å². The maximum absolute atomic E-state index is 12.2. The third-order valence-electron chi connectivity index (χ3n) is 3.68. The Balaban J connectivity index is 1.69. The second-order valence-corrected chi connectivity index (χ2v) is 6.47. The van der Waals surface area contributed by atoms with Crippen molar-refractivity contribution in [2.75, 3.05) is 11.9 Å². The predicted molar refractivity (Wildman–Crippen MR) is 96.3 cm³/mol. The Morgan fingerprint density at radius 2 is 2.28 bits per heavy atom. The lowest BCUT2D eigenvalue weighted by Crippen LogP contribution is -2.25. The zero-order chi connectivity index (χ0) is 17.6. The highest BCUT2D eigenvalue weighted by atomic mass is 32.1. The summed E-state index contributed by atoms with van der Waals surface area (Å²) >= 11 is 1.42. The van der Waals surface area contributed by atoms with Crippen molar-refractivity contribution in [3.63, 3.8) is 0 Å². The summed E-state index contributed by atoms with van der Waals surface area (Å²) in [5, 5.41) is 7.06. The number of carbonyl (C=O) groups is 2. The highest BCUT2D eigenvalue weighted by Gasteiger charge is 2.28. The van der Waals surface area contributed by atoms with E-state index in [2.05, 4.69) is 20.8 Å². The smallest absolute Gasteiger partial charge is 0.341 e. The molecule has 0 saturated carbocycles. The Labute approximate surface area is 149 Å². The fourth-order valence-electron chi connectivity index (χ4n) is 2.65. The number of pyridine rings is 1. The third kappa shape index (κ3) is 4.03. The van der Waals surface area contributed by atoms with E-state index in [1.165, 1.54) is 17.6 Å². The number of hydrazone groups is 1. The van der Waals surface area contributed by atoms with Gasteiger partial charge in [0.05, 0.1) is 24.1 Å². The summed E-state index contributed by atoms with van der Waals surface area (Å²) in [5.74, 6) is -0.394. The first-order valence-electron chi connectivity index (χ1n) is 8.01. The lowest BCUT2D eigenvalue weighted by molar-refractivity contribution is 0.0527. The molecule has 2 aromatic rings. The highest BCUT2D eigenvalue weighted by Crippen LogP contribution is 2.39. The number of fused-ring (bicyclic) bond motifs is 1. The Kier molecular flexibility index (Phi) is 5.39. The first-order chi connectivity index (χ1) is 12.2. The number of carbonyl (C=O) groups excluding carboxylic acids is 2. The van der Waals surface area contributed by atoms with Crippen molar-refractivity contribution in [1.82, 2.24) is 10.4 Å². The van der Waals surface area contributed by atoms with E-state index in [1.54, 1.807) is 25.3 Å². The number of rotatable bonds is 5. The Morgan fingerprint density at radius 3 is 3.04 bits per heavy atom. The number of nitrogens with zero attached hydrogens (tertiary/aromatic N) is 2. The third-order valence-corrected chi connectivity index (χ3v) is 4.89. The molecule has 7 nitrogen and oxygen atoms in total. The van der Waals surface area contributed by atoms with Crippen LogP contribution in [-0.4, -0.2) is 29.8 Å². The van der Waals surface area contributed by atoms with E-state index in [1.807, 2.05) is 6.07 Å². The molecule has 3 rings (SSSR count). The summed E-state index contributed by atoms with van der Waals surface area (Å²) in [6.07, 6.45) is 5.86. The Bertz CT molecular complexity index is 802. The van der Waals surface area contributed by atoms with Crippen LogP contribution in [0.25, 0.3) is 0 Å². The van der Waals surface area contributed by atoms with Crippen LogP contribution in [0.15, 0.2) is 29.5 Å². The van der Waals surface area contributed by atoms with Crippen LogP contribution in [0.2, 0.25) is 0 Å². The molecule has 2 amide bonds. The van der Waals surface area contributed by atoms with E-state index < -0.39 is 12.0 Å². The molecule has 130 valence electrons. The van der Waals surface area contributed by atoms with Gasteiger partial charge in [0.1, 0.15) is 5.00 Å². The highest BCUT2D eigenvalue weighted by molar-refractivity contribution is 7.17. The predicted octanol–water partition coefficient (Wildman–Crippen LogP) is 2.96. The maximum Gasteiger partial charge on any atom is 0.341 e. The molecule has 0 unspecified atom stereocenters. The van der Waals surface area contributed by atoms with Gasteiger partial charge in [0.25, 0.3) is 0 Å².